The van der Waals surface area contributed by atoms with Crippen LogP contribution < -0.4 is 11.5 Å². The monoisotopic (exact) mass is 180 g/mol. The van der Waals surface area contributed by atoms with E-state index in [1.54, 1.807) is 6.07 Å². The van der Waals surface area contributed by atoms with Crippen LogP contribution in [0.5, 0.6) is 0 Å². The summed E-state index contributed by atoms with van der Waals surface area (Å²) < 4.78 is 12.6. The van der Waals surface area contributed by atoms with Gasteiger partial charge in [0, 0.05) is 0 Å². The van der Waals surface area contributed by atoms with Gasteiger partial charge in [-0.05, 0) is 23.8 Å². The smallest absolute Gasteiger partial charge is 0.264 e. The van der Waals surface area contributed by atoms with Crippen molar-refractivity contribution in [3.8, 4) is 0 Å². The van der Waals surface area contributed by atoms with Gasteiger partial charge in [0.05, 0.1) is 5.70 Å². The van der Waals surface area contributed by atoms with Gasteiger partial charge in [0.1, 0.15) is 5.82 Å². The zero-order chi connectivity index (χ0) is 9.84. The van der Waals surface area contributed by atoms with Crippen molar-refractivity contribution < 1.29 is 9.18 Å². The van der Waals surface area contributed by atoms with Crippen LogP contribution in [-0.2, 0) is 4.79 Å². The number of primary amides is 1. The molecule has 0 radical (unpaired) electrons. The Kier molecular flexibility index (Phi) is 2.64. The van der Waals surface area contributed by atoms with Gasteiger partial charge in [-0.2, -0.15) is 0 Å². The van der Waals surface area contributed by atoms with Crippen LogP contribution >= 0.6 is 0 Å². The summed E-state index contributed by atoms with van der Waals surface area (Å²) in [4.78, 5) is 10.5. The Morgan fingerprint density at radius 3 is 2.62 bits per heavy atom. The molecule has 0 heterocycles. The second-order valence-electron chi connectivity index (χ2n) is 2.52. The minimum atomic E-state index is -0.718. The van der Waals surface area contributed by atoms with Crippen LogP contribution in [0.3, 0.4) is 0 Å². The molecule has 1 aromatic carbocycles. The van der Waals surface area contributed by atoms with Crippen molar-refractivity contribution in [2.75, 3.05) is 0 Å². The van der Waals surface area contributed by atoms with Gasteiger partial charge in [0.15, 0.2) is 0 Å². The first-order chi connectivity index (χ1) is 6.09. The van der Waals surface area contributed by atoms with E-state index in [-0.39, 0.29) is 11.5 Å². The van der Waals surface area contributed by atoms with Crippen molar-refractivity contribution in [1.29, 1.82) is 0 Å². The number of benzene rings is 1. The highest BCUT2D eigenvalue weighted by Gasteiger charge is 1.98. The molecular formula is C9H9FN2O. The number of hydrogen-bond donors (Lipinski definition) is 2. The van der Waals surface area contributed by atoms with E-state index in [0.29, 0.717) is 5.56 Å². The molecule has 0 saturated heterocycles. The van der Waals surface area contributed by atoms with E-state index in [0.717, 1.165) is 0 Å². The number of hydrogen-bond acceptors (Lipinski definition) is 2. The van der Waals surface area contributed by atoms with Crippen molar-refractivity contribution in [1.82, 2.24) is 0 Å². The van der Waals surface area contributed by atoms with E-state index >= 15 is 0 Å². The summed E-state index contributed by atoms with van der Waals surface area (Å²) in [5.41, 5.74) is 10.6. The van der Waals surface area contributed by atoms with Crippen molar-refractivity contribution >= 4 is 12.0 Å². The van der Waals surface area contributed by atoms with E-state index in [9.17, 15) is 9.18 Å². The Morgan fingerprint density at radius 2 is 2.08 bits per heavy atom. The predicted molar refractivity (Wildman–Crippen MR) is 47.8 cm³/mol. The third kappa shape index (κ3) is 2.59. The zero-order valence-corrected chi connectivity index (χ0v) is 6.83. The highest BCUT2D eigenvalue weighted by molar-refractivity contribution is 5.95. The maximum absolute atomic E-state index is 12.6. The fourth-order valence-corrected chi connectivity index (χ4v) is 0.847. The second-order valence-corrected chi connectivity index (χ2v) is 2.52. The fraction of sp³-hybridized carbons (Fsp3) is 0. The molecule has 0 spiro atoms. The third-order valence-corrected chi connectivity index (χ3v) is 1.46. The molecule has 0 aliphatic heterocycles. The van der Waals surface area contributed by atoms with Crippen molar-refractivity contribution in [3.05, 3.63) is 41.3 Å². The van der Waals surface area contributed by atoms with E-state index in [1.165, 1.54) is 24.3 Å². The van der Waals surface area contributed by atoms with Crippen LogP contribution in [0.25, 0.3) is 6.08 Å². The first kappa shape index (κ1) is 9.25. The maximum Gasteiger partial charge on any atom is 0.264 e. The van der Waals surface area contributed by atoms with Crippen LogP contribution in [0.15, 0.2) is 30.0 Å². The largest absolute Gasteiger partial charge is 0.394 e. The maximum atomic E-state index is 12.6. The molecule has 0 fully saturated rings. The predicted octanol–water partition coefficient (Wildman–Crippen LogP) is 0.611. The summed E-state index contributed by atoms with van der Waals surface area (Å²) in [7, 11) is 0. The van der Waals surface area contributed by atoms with Crippen molar-refractivity contribution in [2.24, 2.45) is 11.5 Å². The average Bonchev–Trinajstić information content (AvgIpc) is 2.04. The molecular weight excluding hydrogens is 171 g/mol. The van der Waals surface area contributed by atoms with Gasteiger partial charge < -0.3 is 11.5 Å². The Morgan fingerprint density at radius 1 is 1.38 bits per heavy atom. The summed E-state index contributed by atoms with van der Waals surface area (Å²) in [5, 5.41) is 0. The molecule has 1 aromatic rings. The van der Waals surface area contributed by atoms with Crippen molar-refractivity contribution in [2.45, 2.75) is 0 Å². The summed E-state index contributed by atoms with van der Waals surface area (Å²) >= 11 is 0. The lowest BCUT2D eigenvalue weighted by atomic mass is 10.2. The summed E-state index contributed by atoms with van der Waals surface area (Å²) in [6.45, 7) is 0. The first-order valence-electron chi connectivity index (χ1n) is 3.62. The molecule has 3 nitrogen and oxygen atoms in total. The first-order valence-corrected chi connectivity index (χ1v) is 3.62. The van der Waals surface area contributed by atoms with Gasteiger partial charge in [-0.1, -0.05) is 12.1 Å². The molecule has 0 aliphatic carbocycles. The molecule has 68 valence electrons. The quantitative estimate of drug-likeness (QED) is 0.654. The standard InChI is InChI=1S/C9H9FN2O/c10-7-3-1-2-6(4-7)5-8(11)9(12)13/h1-5H,11H2,(H2,12,13)/b8-5-. The molecule has 0 aromatic heterocycles. The molecule has 1 amide bonds. The molecule has 0 saturated carbocycles. The second kappa shape index (κ2) is 3.71. The Bertz CT molecular complexity index is 360. The van der Waals surface area contributed by atoms with Gasteiger partial charge >= 0.3 is 0 Å². The van der Waals surface area contributed by atoms with Gasteiger partial charge in [0.2, 0.25) is 0 Å². The SMILES string of the molecule is NC(=O)/C(N)=C/c1cccc(F)c1. The number of carbonyl (C=O) groups is 1. The highest BCUT2D eigenvalue weighted by Crippen LogP contribution is 2.06. The molecule has 1 rings (SSSR count). The molecule has 13 heavy (non-hydrogen) atoms. The van der Waals surface area contributed by atoms with Crippen molar-refractivity contribution in [3.63, 3.8) is 0 Å². The Hall–Kier alpha value is -1.84. The summed E-state index contributed by atoms with van der Waals surface area (Å²) in [6.07, 6.45) is 1.32. The molecule has 0 bridgehead atoms. The van der Waals surface area contributed by atoms with Crippen LogP contribution in [0.1, 0.15) is 5.56 Å². The minimum absolute atomic E-state index is 0.0920. The van der Waals surface area contributed by atoms with E-state index in [1.807, 2.05) is 0 Å². The van der Waals surface area contributed by atoms with E-state index in [4.69, 9.17) is 11.5 Å². The van der Waals surface area contributed by atoms with E-state index < -0.39 is 5.91 Å². The number of halogens is 1. The summed E-state index contributed by atoms with van der Waals surface area (Å²) in [5.74, 6) is -1.10. The normalized spacial score (nSPS) is 11.3. The minimum Gasteiger partial charge on any atom is -0.394 e. The molecule has 0 atom stereocenters. The fourth-order valence-electron chi connectivity index (χ4n) is 0.847. The third-order valence-electron chi connectivity index (χ3n) is 1.46. The summed E-state index contributed by atoms with van der Waals surface area (Å²) in [6, 6.07) is 5.71. The molecule has 0 aliphatic rings. The van der Waals surface area contributed by atoms with Crippen LogP contribution in [-0.4, -0.2) is 5.91 Å². The highest BCUT2D eigenvalue weighted by atomic mass is 19.1. The van der Waals surface area contributed by atoms with Crippen LogP contribution in [0.2, 0.25) is 0 Å². The average molecular weight is 180 g/mol. The van der Waals surface area contributed by atoms with Gasteiger partial charge in [-0.25, -0.2) is 4.39 Å². The van der Waals surface area contributed by atoms with Gasteiger partial charge in [-0.3, -0.25) is 4.79 Å². The lowest BCUT2D eigenvalue weighted by Crippen LogP contribution is -2.19. The Balaban J connectivity index is 2.97. The van der Waals surface area contributed by atoms with Crippen LogP contribution in [0.4, 0.5) is 4.39 Å². The lowest BCUT2D eigenvalue weighted by Gasteiger charge is -1.96. The topological polar surface area (TPSA) is 69.1 Å². The van der Waals surface area contributed by atoms with Crippen LogP contribution in [0, 0.1) is 5.82 Å². The zero-order valence-electron chi connectivity index (χ0n) is 6.83. The molecule has 4 heteroatoms. The number of amides is 1. The number of carbonyl (C=O) groups excluding carboxylic acids is 1. The van der Waals surface area contributed by atoms with Gasteiger partial charge in [-0.15, -0.1) is 0 Å². The van der Waals surface area contributed by atoms with E-state index in [2.05, 4.69) is 0 Å². The lowest BCUT2D eigenvalue weighted by molar-refractivity contribution is -0.114. The molecule has 0 unspecified atom stereocenters. The number of nitrogens with two attached hydrogens (primary N) is 2. The molecule has 4 N–H and O–H groups in total. The number of rotatable bonds is 2. The Labute approximate surface area is 74.8 Å². The van der Waals surface area contributed by atoms with Gasteiger partial charge in [0.25, 0.3) is 5.91 Å².